The van der Waals surface area contributed by atoms with E-state index in [2.05, 4.69) is 17.2 Å². The monoisotopic (exact) mass is 326 g/mol. The van der Waals surface area contributed by atoms with E-state index >= 15 is 0 Å². The van der Waals surface area contributed by atoms with E-state index in [1.807, 2.05) is 24.3 Å². The first-order chi connectivity index (χ1) is 9.91. The van der Waals surface area contributed by atoms with Crippen LogP contribution in [0.4, 0.5) is 0 Å². The zero-order valence-corrected chi connectivity index (χ0v) is 14.3. The predicted octanol–water partition coefficient (Wildman–Crippen LogP) is 2.64. The highest BCUT2D eigenvalue weighted by molar-refractivity contribution is 7.91. The Morgan fingerprint density at radius 3 is 2.67 bits per heavy atom. The van der Waals surface area contributed by atoms with Gasteiger partial charge in [0.05, 0.1) is 20.5 Å². The third-order valence-electron chi connectivity index (χ3n) is 3.63. The molecule has 0 aliphatic heterocycles. The van der Waals surface area contributed by atoms with Crippen molar-refractivity contribution in [2.75, 3.05) is 12.8 Å². The number of nitrogens with one attached hydrogen (secondary N) is 1. The molecule has 0 aliphatic carbocycles. The number of sulfone groups is 1. The molecule has 2 rings (SSSR count). The summed E-state index contributed by atoms with van der Waals surface area (Å²) in [6.45, 7) is 4.66. The smallest absolute Gasteiger partial charge is 0.151 e. The van der Waals surface area contributed by atoms with Crippen molar-refractivity contribution in [1.82, 2.24) is 10.3 Å². The lowest BCUT2D eigenvalue weighted by atomic mass is 10.1. The minimum atomic E-state index is -3.07. The average molecular weight is 326 g/mol. The minimum absolute atomic E-state index is 0.0967. The number of benzene rings is 1. The molecule has 1 aromatic carbocycles. The van der Waals surface area contributed by atoms with Gasteiger partial charge < -0.3 is 5.32 Å². The van der Waals surface area contributed by atoms with Crippen LogP contribution in [-0.4, -0.2) is 37.5 Å². The highest BCUT2D eigenvalue weighted by Gasteiger charge is 2.26. The Morgan fingerprint density at radius 1 is 1.33 bits per heavy atom. The van der Waals surface area contributed by atoms with Crippen LogP contribution in [0.2, 0.25) is 0 Å². The lowest BCUT2D eigenvalue weighted by Crippen LogP contribution is -2.44. The van der Waals surface area contributed by atoms with Gasteiger partial charge in [-0.15, -0.1) is 11.3 Å². The summed E-state index contributed by atoms with van der Waals surface area (Å²) in [7, 11) is -3.07. The van der Waals surface area contributed by atoms with E-state index < -0.39 is 15.1 Å². The summed E-state index contributed by atoms with van der Waals surface area (Å²) in [5.41, 5.74) is 0.985. The number of aromatic nitrogens is 1. The first-order valence-corrected chi connectivity index (χ1v) is 9.95. The Kier molecular flexibility index (Phi) is 5.35. The molecule has 4 nitrogen and oxygen atoms in total. The number of para-hydroxylation sites is 1. The Labute approximate surface area is 130 Å². The molecule has 0 saturated carbocycles. The average Bonchev–Trinajstić information content (AvgIpc) is 2.83. The van der Waals surface area contributed by atoms with Gasteiger partial charge in [0.1, 0.15) is 0 Å². The van der Waals surface area contributed by atoms with Crippen molar-refractivity contribution in [1.29, 1.82) is 0 Å². The molecule has 0 aliphatic rings. The Balaban J connectivity index is 2.21. The van der Waals surface area contributed by atoms with Crippen LogP contribution in [0.5, 0.6) is 0 Å². The number of nitrogens with zero attached hydrogens (tertiary/aromatic N) is 1. The van der Waals surface area contributed by atoms with Gasteiger partial charge >= 0.3 is 0 Å². The molecule has 0 saturated heterocycles. The molecule has 2 aromatic rings. The molecule has 0 bridgehead atoms. The van der Waals surface area contributed by atoms with E-state index in [1.165, 1.54) is 6.26 Å². The molecule has 1 aromatic heterocycles. The van der Waals surface area contributed by atoms with Crippen LogP contribution in [-0.2, 0) is 16.3 Å². The van der Waals surface area contributed by atoms with Gasteiger partial charge in [-0.1, -0.05) is 19.1 Å². The van der Waals surface area contributed by atoms with Crippen molar-refractivity contribution >= 4 is 31.4 Å². The summed E-state index contributed by atoms with van der Waals surface area (Å²) in [5, 5.41) is 3.92. The first kappa shape index (κ1) is 16.4. The summed E-state index contributed by atoms with van der Waals surface area (Å²) in [6.07, 6.45) is 2.93. The number of rotatable bonds is 7. The van der Waals surface area contributed by atoms with Crippen LogP contribution >= 0.6 is 11.3 Å². The van der Waals surface area contributed by atoms with Crippen LogP contribution in [0.1, 0.15) is 25.3 Å². The molecule has 116 valence electrons. The third kappa shape index (κ3) is 4.25. The van der Waals surface area contributed by atoms with Gasteiger partial charge in [-0.05, 0) is 32.0 Å². The quantitative estimate of drug-likeness (QED) is 0.850. The molecule has 0 spiro atoms. The van der Waals surface area contributed by atoms with Crippen LogP contribution in [0, 0.1) is 0 Å². The van der Waals surface area contributed by atoms with Crippen molar-refractivity contribution in [2.24, 2.45) is 0 Å². The van der Waals surface area contributed by atoms with Gasteiger partial charge in [0.15, 0.2) is 9.84 Å². The second kappa shape index (κ2) is 6.85. The maximum absolute atomic E-state index is 11.8. The molecule has 6 heteroatoms. The third-order valence-corrected chi connectivity index (χ3v) is 6.37. The summed E-state index contributed by atoms with van der Waals surface area (Å²) in [4.78, 5) is 4.61. The Morgan fingerprint density at radius 2 is 2.05 bits per heavy atom. The van der Waals surface area contributed by atoms with Crippen molar-refractivity contribution in [3.63, 3.8) is 0 Å². The molecule has 1 N–H and O–H groups in total. The van der Waals surface area contributed by atoms with Crippen molar-refractivity contribution in [2.45, 2.75) is 38.0 Å². The Bertz CT molecular complexity index is 662. The fourth-order valence-electron chi connectivity index (χ4n) is 2.23. The topological polar surface area (TPSA) is 59.1 Å². The normalized spacial score (nSPS) is 15.2. The standard InChI is InChI=1S/C15H22N2O2S2/c1-4-9-16-13(11(2)21(3,18)19)10-15-17-12-7-5-6-8-14(12)20-15/h5-8,11,13,16H,4,9-10H2,1-3H3. The zero-order chi connectivity index (χ0) is 15.5. The van der Waals surface area contributed by atoms with Crippen molar-refractivity contribution in [3.05, 3.63) is 29.3 Å². The van der Waals surface area contributed by atoms with Gasteiger partial charge in [0, 0.05) is 18.7 Å². The maximum Gasteiger partial charge on any atom is 0.151 e. The van der Waals surface area contributed by atoms with Gasteiger partial charge in [-0.3, -0.25) is 0 Å². The highest BCUT2D eigenvalue weighted by atomic mass is 32.2. The highest BCUT2D eigenvalue weighted by Crippen LogP contribution is 2.23. The molecular formula is C15H22N2O2S2. The number of hydrogen-bond acceptors (Lipinski definition) is 5. The minimum Gasteiger partial charge on any atom is -0.312 e. The second-order valence-electron chi connectivity index (χ2n) is 5.37. The maximum atomic E-state index is 11.8. The fraction of sp³-hybridized carbons (Fsp3) is 0.533. The Hall–Kier alpha value is -0.980. The molecule has 2 atom stereocenters. The lowest BCUT2D eigenvalue weighted by Gasteiger charge is -2.23. The number of hydrogen-bond donors (Lipinski definition) is 1. The van der Waals surface area contributed by atoms with Crippen LogP contribution in [0.15, 0.2) is 24.3 Å². The molecule has 1 heterocycles. The molecule has 0 radical (unpaired) electrons. The second-order valence-corrected chi connectivity index (χ2v) is 8.89. The summed E-state index contributed by atoms with van der Waals surface area (Å²) in [5.74, 6) is 0. The largest absolute Gasteiger partial charge is 0.312 e. The van der Waals surface area contributed by atoms with Crippen molar-refractivity contribution < 1.29 is 8.42 Å². The van der Waals surface area contributed by atoms with E-state index in [9.17, 15) is 8.42 Å². The summed E-state index contributed by atoms with van der Waals surface area (Å²) >= 11 is 1.64. The molecule has 0 fully saturated rings. The van der Waals surface area contributed by atoms with Gasteiger partial charge in [-0.2, -0.15) is 0 Å². The molecule has 21 heavy (non-hydrogen) atoms. The number of fused-ring (bicyclic) bond motifs is 1. The lowest BCUT2D eigenvalue weighted by molar-refractivity contribution is 0.481. The summed E-state index contributed by atoms with van der Waals surface area (Å²) < 4.78 is 24.8. The van der Waals surface area contributed by atoms with Gasteiger partial charge in [0.25, 0.3) is 0 Å². The summed E-state index contributed by atoms with van der Waals surface area (Å²) in [6, 6.07) is 7.91. The first-order valence-electron chi connectivity index (χ1n) is 7.18. The van der Waals surface area contributed by atoms with E-state index in [0.29, 0.717) is 6.42 Å². The molecule has 0 amide bonds. The van der Waals surface area contributed by atoms with Crippen molar-refractivity contribution in [3.8, 4) is 0 Å². The molecule has 2 unspecified atom stereocenters. The fourth-order valence-corrected chi connectivity index (χ4v) is 4.04. The van der Waals surface area contributed by atoms with Gasteiger partial charge in [-0.25, -0.2) is 13.4 Å². The SMILES string of the molecule is CCCNC(Cc1nc2ccccc2s1)C(C)S(C)(=O)=O. The van der Waals surface area contributed by atoms with Gasteiger partial charge in [0.2, 0.25) is 0 Å². The van der Waals surface area contributed by atoms with Crippen LogP contribution in [0.25, 0.3) is 10.2 Å². The number of thiazole rings is 1. The van der Waals surface area contributed by atoms with E-state index in [-0.39, 0.29) is 6.04 Å². The zero-order valence-electron chi connectivity index (χ0n) is 12.7. The molecular weight excluding hydrogens is 304 g/mol. The van der Waals surface area contributed by atoms with Crippen LogP contribution < -0.4 is 5.32 Å². The van der Waals surface area contributed by atoms with E-state index in [0.717, 1.165) is 28.2 Å². The van der Waals surface area contributed by atoms with Crippen LogP contribution in [0.3, 0.4) is 0 Å². The van der Waals surface area contributed by atoms with E-state index in [1.54, 1.807) is 18.3 Å². The van der Waals surface area contributed by atoms with E-state index in [4.69, 9.17) is 0 Å². The predicted molar refractivity (Wildman–Crippen MR) is 89.7 cm³/mol.